The van der Waals surface area contributed by atoms with Crippen molar-refractivity contribution in [2.45, 2.75) is 19.4 Å². The zero-order chi connectivity index (χ0) is 10.8. The van der Waals surface area contributed by atoms with E-state index in [1.807, 2.05) is 37.3 Å². The average Bonchev–Trinajstić information content (AvgIpc) is 3.08. The highest BCUT2D eigenvalue weighted by Crippen LogP contribution is 2.51. The van der Waals surface area contributed by atoms with Crippen LogP contribution in [0.3, 0.4) is 0 Å². The van der Waals surface area contributed by atoms with Gasteiger partial charge in [-0.05, 0) is 29.7 Å². The maximum atomic E-state index is 10.1. The first-order chi connectivity index (χ1) is 7.24. The van der Waals surface area contributed by atoms with Crippen molar-refractivity contribution in [3.05, 3.63) is 35.9 Å². The van der Waals surface area contributed by atoms with Gasteiger partial charge in [0.15, 0.2) is 0 Å². The maximum Gasteiger partial charge on any atom is 0.0821 e. The van der Waals surface area contributed by atoms with Crippen LogP contribution in [0.5, 0.6) is 0 Å². The SMILES string of the molecule is C[C@@H](CO)[C@H]1C[C@H]1[C@H](O)c1ccccc1. The van der Waals surface area contributed by atoms with Crippen LogP contribution in [0.4, 0.5) is 0 Å². The molecule has 0 heterocycles. The molecule has 0 radical (unpaired) electrons. The van der Waals surface area contributed by atoms with Gasteiger partial charge in [-0.3, -0.25) is 0 Å². The molecule has 0 spiro atoms. The van der Waals surface area contributed by atoms with Crippen molar-refractivity contribution in [1.29, 1.82) is 0 Å². The second-order valence-electron chi connectivity index (χ2n) is 4.58. The Morgan fingerprint density at radius 2 is 1.93 bits per heavy atom. The monoisotopic (exact) mass is 206 g/mol. The van der Waals surface area contributed by atoms with Gasteiger partial charge in [-0.1, -0.05) is 37.3 Å². The summed E-state index contributed by atoms with van der Waals surface area (Å²) in [5.74, 6) is 1.15. The zero-order valence-electron chi connectivity index (χ0n) is 9.00. The molecule has 0 unspecified atom stereocenters. The molecule has 1 aromatic carbocycles. The van der Waals surface area contributed by atoms with E-state index in [2.05, 4.69) is 0 Å². The molecule has 1 aliphatic rings. The Bertz CT molecular complexity index is 310. The highest BCUT2D eigenvalue weighted by molar-refractivity contribution is 5.20. The van der Waals surface area contributed by atoms with Crippen molar-refractivity contribution in [1.82, 2.24) is 0 Å². The molecule has 1 fully saturated rings. The normalized spacial score (nSPS) is 28.5. The van der Waals surface area contributed by atoms with Crippen LogP contribution in [0.25, 0.3) is 0 Å². The molecule has 82 valence electrons. The van der Waals surface area contributed by atoms with Gasteiger partial charge in [0.05, 0.1) is 6.10 Å². The van der Waals surface area contributed by atoms with Crippen molar-refractivity contribution < 1.29 is 10.2 Å². The van der Waals surface area contributed by atoms with Gasteiger partial charge in [0, 0.05) is 6.61 Å². The summed E-state index contributed by atoms with van der Waals surface area (Å²) in [4.78, 5) is 0. The molecule has 0 aromatic heterocycles. The fourth-order valence-electron chi connectivity index (χ4n) is 2.29. The third-order valence-corrected chi connectivity index (χ3v) is 3.46. The van der Waals surface area contributed by atoms with Crippen LogP contribution in [0.2, 0.25) is 0 Å². The fraction of sp³-hybridized carbons (Fsp3) is 0.538. The van der Waals surface area contributed by atoms with Gasteiger partial charge in [0.2, 0.25) is 0 Å². The number of benzene rings is 1. The van der Waals surface area contributed by atoms with Crippen LogP contribution < -0.4 is 0 Å². The number of hydrogen-bond donors (Lipinski definition) is 2. The molecular formula is C13H18O2. The van der Waals surface area contributed by atoms with E-state index in [1.165, 1.54) is 0 Å². The summed E-state index contributed by atoms with van der Waals surface area (Å²) in [6.45, 7) is 2.27. The van der Waals surface area contributed by atoms with Gasteiger partial charge in [-0.15, -0.1) is 0 Å². The lowest BCUT2D eigenvalue weighted by Crippen LogP contribution is -2.08. The molecule has 2 heteroatoms. The van der Waals surface area contributed by atoms with E-state index in [0.29, 0.717) is 17.8 Å². The summed E-state index contributed by atoms with van der Waals surface area (Å²) in [6.07, 6.45) is 0.683. The van der Waals surface area contributed by atoms with Crippen LogP contribution in [-0.4, -0.2) is 16.8 Å². The lowest BCUT2D eigenvalue weighted by atomic mass is 9.99. The Morgan fingerprint density at radius 1 is 1.27 bits per heavy atom. The summed E-state index contributed by atoms with van der Waals surface area (Å²) in [6, 6.07) is 9.78. The van der Waals surface area contributed by atoms with E-state index >= 15 is 0 Å². The average molecular weight is 206 g/mol. The predicted molar refractivity (Wildman–Crippen MR) is 59.2 cm³/mol. The summed E-state index contributed by atoms with van der Waals surface area (Å²) in [7, 11) is 0. The quantitative estimate of drug-likeness (QED) is 0.791. The molecule has 1 aromatic rings. The molecule has 0 aliphatic heterocycles. The van der Waals surface area contributed by atoms with Gasteiger partial charge in [0.25, 0.3) is 0 Å². The lowest BCUT2D eigenvalue weighted by Gasteiger charge is -2.12. The van der Waals surface area contributed by atoms with E-state index in [-0.39, 0.29) is 12.7 Å². The molecule has 2 N–H and O–H groups in total. The van der Waals surface area contributed by atoms with Crippen LogP contribution in [0.1, 0.15) is 25.0 Å². The first kappa shape index (κ1) is 10.7. The van der Waals surface area contributed by atoms with Gasteiger partial charge >= 0.3 is 0 Å². The van der Waals surface area contributed by atoms with Gasteiger partial charge in [-0.2, -0.15) is 0 Å². The summed E-state index contributed by atoms with van der Waals surface area (Å²) >= 11 is 0. The Kier molecular flexibility index (Phi) is 3.08. The van der Waals surface area contributed by atoms with E-state index in [9.17, 15) is 5.11 Å². The van der Waals surface area contributed by atoms with E-state index in [1.54, 1.807) is 0 Å². The number of aliphatic hydroxyl groups excluding tert-OH is 2. The van der Waals surface area contributed by atoms with E-state index in [0.717, 1.165) is 12.0 Å². The van der Waals surface area contributed by atoms with E-state index in [4.69, 9.17) is 5.11 Å². The van der Waals surface area contributed by atoms with Crippen LogP contribution in [-0.2, 0) is 0 Å². The van der Waals surface area contributed by atoms with Crippen molar-refractivity contribution in [2.75, 3.05) is 6.61 Å². The molecule has 2 rings (SSSR count). The van der Waals surface area contributed by atoms with Crippen molar-refractivity contribution >= 4 is 0 Å². The van der Waals surface area contributed by atoms with Crippen LogP contribution in [0.15, 0.2) is 30.3 Å². The number of hydrogen-bond acceptors (Lipinski definition) is 2. The van der Waals surface area contributed by atoms with Gasteiger partial charge < -0.3 is 10.2 Å². The zero-order valence-corrected chi connectivity index (χ0v) is 9.00. The minimum Gasteiger partial charge on any atom is -0.396 e. The molecule has 2 nitrogen and oxygen atoms in total. The second-order valence-corrected chi connectivity index (χ2v) is 4.58. The molecule has 15 heavy (non-hydrogen) atoms. The summed E-state index contributed by atoms with van der Waals surface area (Å²) in [5.41, 5.74) is 0.995. The Balaban J connectivity index is 1.97. The third-order valence-electron chi connectivity index (χ3n) is 3.46. The van der Waals surface area contributed by atoms with Crippen molar-refractivity contribution in [2.24, 2.45) is 17.8 Å². The van der Waals surface area contributed by atoms with Gasteiger partial charge in [0.1, 0.15) is 0 Å². The van der Waals surface area contributed by atoms with Gasteiger partial charge in [-0.25, -0.2) is 0 Å². The third kappa shape index (κ3) is 2.21. The Labute approximate surface area is 90.6 Å². The highest BCUT2D eigenvalue weighted by atomic mass is 16.3. The topological polar surface area (TPSA) is 40.5 Å². The highest BCUT2D eigenvalue weighted by Gasteiger charge is 2.45. The first-order valence-electron chi connectivity index (χ1n) is 5.58. The summed E-state index contributed by atoms with van der Waals surface area (Å²) < 4.78 is 0. The van der Waals surface area contributed by atoms with Crippen molar-refractivity contribution in [3.8, 4) is 0 Å². The molecule has 1 aliphatic carbocycles. The molecule has 0 saturated heterocycles. The predicted octanol–water partition coefficient (Wildman–Crippen LogP) is 1.98. The van der Waals surface area contributed by atoms with Crippen LogP contribution in [0, 0.1) is 17.8 Å². The minimum absolute atomic E-state index is 0.225. The molecular weight excluding hydrogens is 188 g/mol. The van der Waals surface area contributed by atoms with E-state index < -0.39 is 0 Å². The number of aliphatic hydroxyl groups is 2. The fourth-order valence-corrected chi connectivity index (χ4v) is 2.29. The maximum absolute atomic E-state index is 10.1. The first-order valence-corrected chi connectivity index (χ1v) is 5.58. The lowest BCUT2D eigenvalue weighted by molar-refractivity contribution is 0.133. The summed E-state index contributed by atoms with van der Waals surface area (Å²) in [5, 5.41) is 19.1. The standard InChI is InChI=1S/C13H18O2/c1-9(8-14)11-7-12(11)13(15)10-5-3-2-4-6-10/h2-6,9,11-15H,7-8H2,1H3/t9-,11+,12+,13+/m0/s1. The Morgan fingerprint density at radius 3 is 2.53 bits per heavy atom. The molecule has 0 amide bonds. The second kappa shape index (κ2) is 4.33. The molecule has 4 atom stereocenters. The molecule has 1 saturated carbocycles. The smallest absolute Gasteiger partial charge is 0.0821 e. The number of rotatable bonds is 4. The molecule has 0 bridgehead atoms. The largest absolute Gasteiger partial charge is 0.396 e. The minimum atomic E-state index is -0.356. The Hall–Kier alpha value is -0.860. The van der Waals surface area contributed by atoms with Crippen LogP contribution >= 0.6 is 0 Å². The van der Waals surface area contributed by atoms with Crippen molar-refractivity contribution in [3.63, 3.8) is 0 Å².